The number of aryl methyl sites for hydroxylation is 1. The Morgan fingerprint density at radius 2 is 1.79 bits per heavy atom. The molecule has 1 aliphatic heterocycles. The monoisotopic (exact) mass is 378 g/mol. The van der Waals surface area contributed by atoms with Gasteiger partial charge in [0.2, 0.25) is 0 Å². The van der Waals surface area contributed by atoms with Crippen LogP contribution in [-0.2, 0) is 13.5 Å². The fraction of sp³-hybridized carbons (Fsp3) is 0.286. The van der Waals surface area contributed by atoms with E-state index < -0.39 is 0 Å². The van der Waals surface area contributed by atoms with Crippen molar-refractivity contribution < 1.29 is 14.3 Å². The number of carbonyl (C=O) groups is 1. The Balaban J connectivity index is 1.86. The van der Waals surface area contributed by atoms with Gasteiger partial charge in [0.1, 0.15) is 0 Å². The van der Waals surface area contributed by atoms with Gasteiger partial charge in [-0.15, -0.1) is 0 Å². The number of fused-ring (bicyclic) bond motifs is 1. The molecule has 1 amide bonds. The standard InChI is InChI=1S/C21H22N4O3/c1-24-17(6-10-23-24)20-16-13-19(28-3)18(27-2)12-15(16)7-11-25(20)21(26)14-4-8-22-9-5-14/h4-6,8-10,12-13,20H,7,11H2,1-3H3/t20-/m0/s1. The highest BCUT2D eigenvalue weighted by atomic mass is 16.5. The molecular formula is C21H22N4O3. The van der Waals surface area contributed by atoms with Crippen molar-refractivity contribution in [3.8, 4) is 11.5 Å². The predicted molar refractivity (Wildman–Crippen MR) is 104 cm³/mol. The van der Waals surface area contributed by atoms with Crippen molar-refractivity contribution in [2.45, 2.75) is 12.5 Å². The van der Waals surface area contributed by atoms with E-state index in [1.165, 1.54) is 0 Å². The summed E-state index contributed by atoms with van der Waals surface area (Å²) < 4.78 is 12.8. The third-order valence-corrected chi connectivity index (χ3v) is 5.20. The summed E-state index contributed by atoms with van der Waals surface area (Å²) in [5.41, 5.74) is 3.72. The molecule has 1 aliphatic rings. The molecule has 2 aromatic heterocycles. The fourth-order valence-electron chi connectivity index (χ4n) is 3.80. The maximum absolute atomic E-state index is 13.3. The minimum Gasteiger partial charge on any atom is -0.493 e. The van der Waals surface area contributed by atoms with Crippen LogP contribution in [0.4, 0.5) is 0 Å². The molecule has 0 bridgehead atoms. The van der Waals surface area contributed by atoms with E-state index in [9.17, 15) is 4.79 Å². The summed E-state index contributed by atoms with van der Waals surface area (Å²) in [5, 5.41) is 4.32. The molecule has 7 heteroatoms. The second-order valence-electron chi connectivity index (χ2n) is 6.67. The van der Waals surface area contributed by atoms with E-state index in [1.54, 1.807) is 44.9 Å². The van der Waals surface area contributed by atoms with Crippen LogP contribution in [0.2, 0.25) is 0 Å². The minimum atomic E-state index is -0.267. The zero-order chi connectivity index (χ0) is 19.7. The highest BCUT2D eigenvalue weighted by Crippen LogP contribution is 2.41. The van der Waals surface area contributed by atoms with E-state index in [4.69, 9.17) is 9.47 Å². The van der Waals surface area contributed by atoms with E-state index in [2.05, 4.69) is 10.1 Å². The van der Waals surface area contributed by atoms with Crippen molar-refractivity contribution in [3.63, 3.8) is 0 Å². The first kappa shape index (κ1) is 18.0. The van der Waals surface area contributed by atoms with Crippen LogP contribution in [0.25, 0.3) is 0 Å². The topological polar surface area (TPSA) is 69.5 Å². The highest BCUT2D eigenvalue weighted by Gasteiger charge is 2.35. The smallest absolute Gasteiger partial charge is 0.254 e. The lowest BCUT2D eigenvalue weighted by Gasteiger charge is -2.38. The van der Waals surface area contributed by atoms with Crippen molar-refractivity contribution in [1.29, 1.82) is 0 Å². The van der Waals surface area contributed by atoms with Gasteiger partial charge in [-0.1, -0.05) is 0 Å². The van der Waals surface area contributed by atoms with Crippen molar-refractivity contribution in [3.05, 3.63) is 71.3 Å². The summed E-state index contributed by atoms with van der Waals surface area (Å²) in [6.45, 7) is 0.597. The first-order valence-corrected chi connectivity index (χ1v) is 9.07. The third kappa shape index (κ3) is 2.98. The molecule has 1 atom stereocenters. The predicted octanol–water partition coefficient (Wildman–Crippen LogP) is 2.62. The Hall–Kier alpha value is -3.35. The number of rotatable bonds is 4. The second-order valence-corrected chi connectivity index (χ2v) is 6.67. The number of carbonyl (C=O) groups excluding carboxylic acids is 1. The summed E-state index contributed by atoms with van der Waals surface area (Å²) >= 11 is 0. The van der Waals surface area contributed by atoms with Crippen molar-refractivity contribution in [1.82, 2.24) is 19.7 Å². The largest absolute Gasteiger partial charge is 0.493 e. The molecule has 0 saturated carbocycles. The second kappa shape index (κ2) is 7.34. The number of pyridine rings is 1. The normalized spacial score (nSPS) is 15.8. The maximum Gasteiger partial charge on any atom is 0.254 e. The highest BCUT2D eigenvalue weighted by molar-refractivity contribution is 5.94. The maximum atomic E-state index is 13.3. The lowest BCUT2D eigenvalue weighted by molar-refractivity contribution is 0.0688. The molecule has 0 fully saturated rings. The zero-order valence-electron chi connectivity index (χ0n) is 16.1. The molecule has 7 nitrogen and oxygen atoms in total. The van der Waals surface area contributed by atoms with Crippen LogP contribution in [-0.4, -0.2) is 46.3 Å². The van der Waals surface area contributed by atoms with Gasteiger partial charge >= 0.3 is 0 Å². The molecule has 1 aromatic carbocycles. The molecule has 3 aromatic rings. The number of amides is 1. The first-order chi connectivity index (χ1) is 13.6. The fourth-order valence-corrected chi connectivity index (χ4v) is 3.80. The van der Waals surface area contributed by atoms with E-state index >= 15 is 0 Å². The molecule has 0 unspecified atom stereocenters. The van der Waals surface area contributed by atoms with Crippen molar-refractivity contribution in [2.75, 3.05) is 20.8 Å². The number of methoxy groups -OCH3 is 2. The van der Waals surface area contributed by atoms with Crippen LogP contribution >= 0.6 is 0 Å². The Kier molecular flexibility index (Phi) is 4.73. The van der Waals surface area contributed by atoms with Crippen molar-refractivity contribution >= 4 is 5.91 Å². The summed E-state index contributed by atoms with van der Waals surface area (Å²) in [6, 6.07) is 9.14. The van der Waals surface area contributed by atoms with E-state index in [1.807, 2.05) is 34.8 Å². The number of hydrogen-bond acceptors (Lipinski definition) is 5. The van der Waals surface area contributed by atoms with Gasteiger partial charge in [-0.05, 0) is 47.9 Å². The van der Waals surface area contributed by atoms with Crippen LogP contribution in [0.5, 0.6) is 11.5 Å². The number of nitrogens with zero attached hydrogens (tertiary/aromatic N) is 4. The zero-order valence-corrected chi connectivity index (χ0v) is 16.1. The summed E-state index contributed by atoms with van der Waals surface area (Å²) in [7, 11) is 5.14. The number of ether oxygens (including phenoxy) is 2. The Bertz CT molecular complexity index is 1000. The molecule has 0 aliphatic carbocycles. The quantitative estimate of drug-likeness (QED) is 0.698. The third-order valence-electron chi connectivity index (χ3n) is 5.20. The Morgan fingerprint density at radius 1 is 1.07 bits per heavy atom. The van der Waals surface area contributed by atoms with Crippen LogP contribution < -0.4 is 9.47 Å². The number of hydrogen-bond donors (Lipinski definition) is 0. The summed E-state index contributed by atoms with van der Waals surface area (Å²) in [5.74, 6) is 1.31. The van der Waals surface area contributed by atoms with Crippen molar-refractivity contribution in [2.24, 2.45) is 7.05 Å². The van der Waals surface area contributed by atoms with Crippen LogP contribution in [0.1, 0.15) is 33.2 Å². The average Bonchev–Trinajstić information content (AvgIpc) is 3.17. The van der Waals surface area contributed by atoms with Gasteiger partial charge in [-0.25, -0.2) is 0 Å². The molecule has 28 heavy (non-hydrogen) atoms. The molecule has 0 saturated heterocycles. The van der Waals surface area contributed by atoms with Gasteiger partial charge in [0, 0.05) is 37.7 Å². The van der Waals surface area contributed by atoms with Crippen LogP contribution in [0.15, 0.2) is 48.9 Å². The van der Waals surface area contributed by atoms with Gasteiger partial charge in [0.25, 0.3) is 5.91 Å². The summed E-state index contributed by atoms with van der Waals surface area (Å²) in [6.07, 6.45) is 5.76. The van der Waals surface area contributed by atoms with Crippen LogP contribution in [0, 0.1) is 0 Å². The lowest BCUT2D eigenvalue weighted by atomic mass is 9.89. The SMILES string of the molecule is COc1cc2c(cc1OC)[C@@H](c1ccnn1C)N(C(=O)c1ccncc1)CC2. The van der Waals surface area contributed by atoms with Gasteiger partial charge < -0.3 is 14.4 Å². The van der Waals surface area contributed by atoms with E-state index in [0.717, 1.165) is 23.2 Å². The van der Waals surface area contributed by atoms with E-state index in [-0.39, 0.29) is 11.9 Å². The average molecular weight is 378 g/mol. The van der Waals surface area contributed by atoms with E-state index in [0.29, 0.717) is 23.6 Å². The molecular weight excluding hydrogens is 356 g/mol. The molecule has 144 valence electrons. The number of aromatic nitrogens is 3. The Labute approximate surface area is 163 Å². The van der Waals surface area contributed by atoms with Crippen LogP contribution in [0.3, 0.4) is 0 Å². The molecule has 0 N–H and O–H groups in total. The molecule has 3 heterocycles. The lowest BCUT2D eigenvalue weighted by Crippen LogP contribution is -2.41. The minimum absolute atomic E-state index is 0.0333. The van der Waals surface area contributed by atoms with Gasteiger partial charge in [0.15, 0.2) is 11.5 Å². The van der Waals surface area contributed by atoms with Gasteiger partial charge in [0.05, 0.1) is 26.0 Å². The van der Waals surface area contributed by atoms with Gasteiger partial charge in [-0.2, -0.15) is 5.10 Å². The molecule has 4 rings (SSSR count). The Morgan fingerprint density at radius 3 is 2.43 bits per heavy atom. The van der Waals surface area contributed by atoms with Gasteiger partial charge in [-0.3, -0.25) is 14.5 Å². The molecule has 0 spiro atoms. The summed E-state index contributed by atoms with van der Waals surface area (Å²) in [4.78, 5) is 19.2. The number of benzene rings is 1. The molecule has 0 radical (unpaired) electrons. The first-order valence-electron chi connectivity index (χ1n) is 9.07.